The van der Waals surface area contributed by atoms with E-state index in [0.29, 0.717) is 0 Å². The number of aromatic nitrogens is 1. The van der Waals surface area contributed by atoms with E-state index in [1.807, 2.05) is 0 Å². The zero-order valence-corrected chi connectivity index (χ0v) is 11.1. The van der Waals surface area contributed by atoms with Gasteiger partial charge in [0.2, 0.25) is 0 Å². The lowest BCUT2D eigenvalue weighted by Gasteiger charge is -2.19. The van der Waals surface area contributed by atoms with Crippen LogP contribution >= 0.6 is 15.9 Å². The summed E-state index contributed by atoms with van der Waals surface area (Å²) in [7, 11) is 0. The summed E-state index contributed by atoms with van der Waals surface area (Å²) < 4.78 is 0.778. The van der Waals surface area contributed by atoms with Gasteiger partial charge in [-0.2, -0.15) is 0 Å². The van der Waals surface area contributed by atoms with Crippen molar-refractivity contribution in [2.45, 2.75) is 13.8 Å². The summed E-state index contributed by atoms with van der Waals surface area (Å²) in [5, 5.41) is 11.4. The Kier molecular flexibility index (Phi) is 4.22. The molecule has 0 spiro atoms. The van der Waals surface area contributed by atoms with Gasteiger partial charge in [-0.25, -0.2) is 4.98 Å². The van der Waals surface area contributed by atoms with E-state index < -0.39 is 11.4 Å². The van der Waals surface area contributed by atoms with Crippen molar-refractivity contribution in [2.75, 3.05) is 6.54 Å². The first-order valence-electron chi connectivity index (χ1n) is 4.96. The van der Waals surface area contributed by atoms with E-state index in [1.165, 1.54) is 6.20 Å². The van der Waals surface area contributed by atoms with Crippen LogP contribution in [0.4, 0.5) is 0 Å². The minimum atomic E-state index is -0.995. The predicted molar refractivity (Wildman–Crippen MR) is 65.7 cm³/mol. The maximum atomic E-state index is 11.6. The Bertz CT molecular complexity index is 429. The van der Waals surface area contributed by atoms with E-state index in [4.69, 9.17) is 5.11 Å². The highest BCUT2D eigenvalue weighted by molar-refractivity contribution is 9.10. The van der Waals surface area contributed by atoms with Gasteiger partial charge in [0, 0.05) is 17.2 Å². The topological polar surface area (TPSA) is 79.3 Å². The Morgan fingerprint density at radius 1 is 1.47 bits per heavy atom. The van der Waals surface area contributed by atoms with Gasteiger partial charge in [-0.15, -0.1) is 0 Å². The molecule has 1 amide bonds. The standard InChI is InChI=1S/C11H13BrN2O3/c1-11(2,10(16)17)6-14-9(15)8-4-3-7(12)5-13-8/h3-5H,6H2,1-2H3,(H,14,15)(H,16,17). The van der Waals surface area contributed by atoms with Gasteiger partial charge in [-0.1, -0.05) is 0 Å². The van der Waals surface area contributed by atoms with Crippen LogP contribution in [0.15, 0.2) is 22.8 Å². The Morgan fingerprint density at radius 3 is 2.59 bits per heavy atom. The molecule has 0 aliphatic rings. The highest BCUT2D eigenvalue weighted by atomic mass is 79.9. The molecule has 17 heavy (non-hydrogen) atoms. The second-order valence-electron chi connectivity index (χ2n) is 4.23. The summed E-state index contributed by atoms with van der Waals surface area (Å²) in [6.07, 6.45) is 1.51. The number of nitrogens with zero attached hydrogens (tertiary/aromatic N) is 1. The number of carbonyl (C=O) groups excluding carboxylic acids is 1. The highest BCUT2D eigenvalue weighted by Crippen LogP contribution is 2.13. The fraction of sp³-hybridized carbons (Fsp3) is 0.364. The SMILES string of the molecule is CC(C)(CNC(=O)c1ccc(Br)cn1)C(=O)O. The van der Waals surface area contributed by atoms with Crippen molar-refractivity contribution in [2.24, 2.45) is 5.41 Å². The quantitative estimate of drug-likeness (QED) is 0.887. The average Bonchev–Trinajstić information content (AvgIpc) is 2.27. The predicted octanol–water partition coefficient (Wildman–Crippen LogP) is 1.68. The molecular weight excluding hydrogens is 288 g/mol. The molecule has 0 bridgehead atoms. The molecule has 2 N–H and O–H groups in total. The maximum absolute atomic E-state index is 11.6. The molecule has 0 fully saturated rings. The first-order chi connectivity index (χ1) is 7.83. The molecule has 0 saturated carbocycles. The van der Waals surface area contributed by atoms with Crippen LogP contribution in [0, 0.1) is 5.41 Å². The van der Waals surface area contributed by atoms with Crippen LogP contribution in [0.3, 0.4) is 0 Å². The van der Waals surface area contributed by atoms with Gasteiger partial charge in [-0.05, 0) is 41.9 Å². The number of carbonyl (C=O) groups is 2. The lowest BCUT2D eigenvalue weighted by molar-refractivity contribution is -0.146. The highest BCUT2D eigenvalue weighted by Gasteiger charge is 2.27. The van der Waals surface area contributed by atoms with Crippen molar-refractivity contribution in [3.8, 4) is 0 Å². The Balaban J connectivity index is 2.62. The number of pyridine rings is 1. The molecule has 0 aliphatic carbocycles. The fourth-order valence-electron chi connectivity index (χ4n) is 0.978. The minimum Gasteiger partial charge on any atom is -0.481 e. The molecule has 1 aromatic heterocycles. The maximum Gasteiger partial charge on any atom is 0.310 e. The Hall–Kier alpha value is -1.43. The molecule has 0 saturated heterocycles. The number of rotatable bonds is 4. The molecular formula is C11H13BrN2O3. The van der Waals surface area contributed by atoms with E-state index in [9.17, 15) is 9.59 Å². The van der Waals surface area contributed by atoms with E-state index >= 15 is 0 Å². The number of carboxylic acid groups (broad SMARTS) is 1. The van der Waals surface area contributed by atoms with Crippen LogP contribution in [-0.4, -0.2) is 28.5 Å². The van der Waals surface area contributed by atoms with Crippen molar-refractivity contribution < 1.29 is 14.7 Å². The Morgan fingerprint density at radius 2 is 2.12 bits per heavy atom. The first kappa shape index (κ1) is 13.6. The monoisotopic (exact) mass is 300 g/mol. The van der Waals surface area contributed by atoms with Crippen molar-refractivity contribution >= 4 is 27.8 Å². The van der Waals surface area contributed by atoms with Gasteiger partial charge < -0.3 is 10.4 Å². The van der Waals surface area contributed by atoms with Crippen molar-refractivity contribution in [1.29, 1.82) is 0 Å². The molecule has 5 nitrogen and oxygen atoms in total. The molecule has 1 heterocycles. The third-order valence-corrected chi connectivity index (χ3v) is 2.70. The number of hydrogen-bond acceptors (Lipinski definition) is 3. The first-order valence-corrected chi connectivity index (χ1v) is 5.75. The second-order valence-corrected chi connectivity index (χ2v) is 5.15. The number of amides is 1. The van der Waals surface area contributed by atoms with Gasteiger partial charge in [-0.3, -0.25) is 9.59 Å². The Labute approximate surface area is 107 Å². The summed E-state index contributed by atoms with van der Waals surface area (Å²) in [6.45, 7) is 3.15. The van der Waals surface area contributed by atoms with Crippen LogP contribution in [0.5, 0.6) is 0 Å². The summed E-state index contributed by atoms with van der Waals surface area (Å²) in [5.41, 5.74) is -0.736. The summed E-state index contributed by atoms with van der Waals surface area (Å²) in [4.78, 5) is 26.4. The van der Waals surface area contributed by atoms with Crippen molar-refractivity contribution in [3.63, 3.8) is 0 Å². The lowest BCUT2D eigenvalue weighted by Crippen LogP contribution is -2.39. The summed E-state index contributed by atoms with van der Waals surface area (Å²) >= 11 is 3.21. The van der Waals surface area contributed by atoms with Crippen LogP contribution in [0.2, 0.25) is 0 Å². The molecule has 92 valence electrons. The van der Waals surface area contributed by atoms with Crippen LogP contribution in [-0.2, 0) is 4.79 Å². The van der Waals surface area contributed by atoms with Crippen LogP contribution < -0.4 is 5.32 Å². The van der Waals surface area contributed by atoms with E-state index in [1.54, 1.807) is 26.0 Å². The third-order valence-electron chi connectivity index (χ3n) is 2.23. The minimum absolute atomic E-state index is 0.0545. The van der Waals surface area contributed by atoms with E-state index in [-0.39, 0.29) is 18.1 Å². The second kappa shape index (κ2) is 5.27. The van der Waals surface area contributed by atoms with Crippen molar-refractivity contribution in [3.05, 3.63) is 28.5 Å². The summed E-state index contributed by atoms with van der Waals surface area (Å²) in [5.74, 6) is -1.34. The summed E-state index contributed by atoms with van der Waals surface area (Å²) in [6, 6.07) is 3.26. The molecule has 1 aromatic rings. The molecule has 6 heteroatoms. The van der Waals surface area contributed by atoms with Gasteiger partial charge in [0.05, 0.1) is 5.41 Å². The molecule has 0 atom stereocenters. The van der Waals surface area contributed by atoms with Gasteiger partial charge in [0.25, 0.3) is 5.91 Å². The number of halogens is 1. The zero-order valence-electron chi connectivity index (χ0n) is 9.53. The normalized spacial score (nSPS) is 11.0. The molecule has 0 radical (unpaired) electrons. The average molecular weight is 301 g/mol. The number of hydrogen-bond donors (Lipinski definition) is 2. The van der Waals surface area contributed by atoms with Crippen molar-refractivity contribution in [1.82, 2.24) is 10.3 Å². The molecule has 0 aliphatic heterocycles. The smallest absolute Gasteiger partial charge is 0.310 e. The van der Waals surface area contributed by atoms with Gasteiger partial charge in [0.15, 0.2) is 0 Å². The van der Waals surface area contributed by atoms with Gasteiger partial charge >= 0.3 is 5.97 Å². The largest absolute Gasteiger partial charge is 0.481 e. The van der Waals surface area contributed by atoms with E-state index in [0.717, 1.165) is 4.47 Å². The number of carboxylic acids is 1. The van der Waals surface area contributed by atoms with Crippen LogP contribution in [0.1, 0.15) is 24.3 Å². The number of aliphatic carboxylic acids is 1. The fourth-order valence-corrected chi connectivity index (χ4v) is 1.21. The van der Waals surface area contributed by atoms with Gasteiger partial charge in [0.1, 0.15) is 5.69 Å². The molecule has 0 aromatic carbocycles. The molecule has 1 rings (SSSR count). The van der Waals surface area contributed by atoms with E-state index in [2.05, 4.69) is 26.2 Å². The zero-order chi connectivity index (χ0) is 13.1. The van der Waals surface area contributed by atoms with Crippen LogP contribution in [0.25, 0.3) is 0 Å². The third kappa shape index (κ3) is 3.81. The number of nitrogens with one attached hydrogen (secondary N) is 1. The molecule has 0 unspecified atom stereocenters. The lowest BCUT2D eigenvalue weighted by atomic mass is 9.94.